The highest BCUT2D eigenvalue weighted by Crippen LogP contribution is 2.25. The zero-order valence-electron chi connectivity index (χ0n) is 20.6. The van der Waals surface area contributed by atoms with E-state index in [1.165, 1.54) is 17.0 Å². The van der Waals surface area contributed by atoms with E-state index in [-0.39, 0.29) is 29.8 Å². The molecule has 36 heavy (non-hydrogen) atoms. The summed E-state index contributed by atoms with van der Waals surface area (Å²) in [5, 5.41) is 3.13. The smallest absolute Gasteiger partial charge is 0.258 e. The molecule has 2 amide bonds. The molecular formula is C30H31FN2O3. The third-order valence-electron chi connectivity index (χ3n) is 6.40. The lowest BCUT2D eigenvalue weighted by Gasteiger charge is -2.30. The van der Waals surface area contributed by atoms with Crippen molar-refractivity contribution >= 4 is 11.8 Å². The summed E-state index contributed by atoms with van der Waals surface area (Å²) in [6.45, 7) is 1.96. The molecule has 4 rings (SSSR count). The summed E-state index contributed by atoms with van der Waals surface area (Å²) in [4.78, 5) is 28.9. The number of carbonyl (C=O) groups excluding carboxylic acids is 2. The topological polar surface area (TPSA) is 58.6 Å². The maximum absolute atomic E-state index is 13.7. The van der Waals surface area contributed by atoms with E-state index < -0.39 is 6.04 Å². The summed E-state index contributed by atoms with van der Waals surface area (Å²) < 4.78 is 19.7. The minimum atomic E-state index is -0.764. The quantitative estimate of drug-likeness (QED) is 0.499. The number of hydrogen-bond acceptors (Lipinski definition) is 3. The number of halogens is 1. The van der Waals surface area contributed by atoms with Crippen LogP contribution in [0.1, 0.15) is 47.3 Å². The van der Waals surface area contributed by atoms with E-state index >= 15 is 0 Å². The van der Waals surface area contributed by atoms with Crippen LogP contribution in [0, 0.1) is 5.82 Å². The molecule has 6 heteroatoms. The average molecular weight is 487 g/mol. The highest BCUT2D eigenvalue weighted by molar-refractivity contribution is 5.99. The van der Waals surface area contributed by atoms with Gasteiger partial charge in [0.25, 0.3) is 5.91 Å². The highest BCUT2D eigenvalue weighted by Gasteiger charge is 2.31. The van der Waals surface area contributed by atoms with Crippen LogP contribution in [0.5, 0.6) is 5.75 Å². The molecule has 0 radical (unpaired) electrons. The fourth-order valence-electron chi connectivity index (χ4n) is 4.35. The fourth-order valence-corrected chi connectivity index (χ4v) is 4.35. The number of nitrogens with one attached hydrogen (secondary N) is 1. The molecule has 0 aliphatic carbocycles. The predicted molar refractivity (Wildman–Crippen MR) is 138 cm³/mol. The number of para-hydroxylation sites is 1. The van der Waals surface area contributed by atoms with E-state index in [0.29, 0.717) is 30.6 Å². The summed E-state index contributed by atoms with van der Waals surface area (Å²) >= 11 is 0. The van der Waals surface area contributed by atoms with Crippen molar-refractivity contribution < 1.29 is 18.7 Å². The lowest BCUT2D eigenvalue weighted by Crippen LogP contribution is -2.49. The van der Waals surface area contributed by atoms with Gasteiger partial charge in [-0.25, -0.2) is 4.39 Å². The molecule has 0 spiro atoms. The number of carbonyl (C=O) groups is 2. The van der Waals surface area contributed by atoms with Crippen molar-refractivity contribution in [2.24, 2.45) is 0 Å². The monoisotopic (exact) mass is 486 g/mol. The summed E-state index contributed by atoms with van der Waals surface area (Å²) in [6.07, 6.45) is 5.38. The molecule has 1 heterocycles. The van der Waals surface area contributed by atoms with Gasteiger partial charge < -0.3 is 15.0 Å². The van der Waals surface area contributed by atoms with Crippen molar-refractivity contribution in [2.45, 2.75) is 44.4 Å². The normalized spacial score (nSPS) is 22.1. The highest BCUT2D eigenvalue weighted by atomic mass is 19.1. The third-order valence-corrected chi connectivity index (χ3v) is 6.40. The number of fused-ring (bicyclic) bond motifs is 1. The molecule has 3 aromatic rings. The van der Waals surface area contributed by atoms with Gasteiger partial charge >= 0.3 is 0 Å². The molecule has 0 unspecified atom stereocenters. The maximum atomic E-state index is 13.7. The number of benzene rings is 3. The lowest BCUT2D eigenvalue weighted by atomic mass is 9.99. The van der Waals surface area contributed by atoms with Crippen LogP contribution >= 0.6 is 0 Å². The third kappa shape index (κ3) is 6.19. The molecule has 1 N–H and O–H groups in total. The Morgan fingerprint density at radius 2 is 1.58 bits per heavy atom. The first-order valence-corrected chi connectivity index (χ1v) is 12.2. The fraction of sp³-hybridized carbons (Fsp3) is 0.267. The Hall–Kier alpha value is -3.93. The van der Waals surface area contributed by atoms with Crippen molar-refractivity contribution in [3.05, 3.63) is 114 Å². The van der Waals surface area contributed by atoms with Crippen LogP contribution in [0.3, 0.4) is 0 Å². The molecule has 0 bridgehead atoms. The van der Waals surface area contributed by atoms with Crippen molar-refractivity contribution in [1.82, 2.24) is 10.2 Å². The Morgan fingerprint density at radius 3 is 2.33 bits per heavy atom. The first-order chi connectivity index (χ1) is 17.4. The van der Waals surface area contributed by atoms with Crippen molar-refractivity contribution in [1.29, 1.82) is 0 Å². The van der Waals surface area contributed by atoms with Crippen molar-refractivity contribution in [3.8, 4) is 5.75 Å². The second-order valence-electron chi connectivity index (χ2n) is 9.10. The molecule has 0 saturated heterocycles. The van der Waals surface area contributed by atoms with Gasteiger partial charge in [0.05, 0.1) is 17.7 Å². The molecule has 3 aromatic carbocycles. The first kappa shape index (κ1) is 25.2. The summed E-state index contributed by atoms with van der Waals surface area (Å²) in [7, 11) is 1.65. The number of ether oxygens (including phenoxy) is 1. The number of hydrogen-bond donors (Lipinski definition) is 1. The van der Waals surface area contributed by atoms with Crippen molar-refractivity contribution in [3.63, 3.8) is 0 Å². The Morgan fingerprint density at radius 1 is 0.917 bits per heavy atom. The average Bonchev–Trinajstić information content (AvgIpc) is 2.89. The van der Waals surface area contributed by atoms with E-state index in [1.807, 2.05) is 55.5 Å². The van der Waals surface area contributed by atoms with Gasteiger partial charge in [-0.2, -0.15) is 0 Å². The number of amides is 2. The van der Waals surface area contributed by atoms with Gasteiger partial charge in [0, 0.05) is 19.9 Å². The van der Waals surface area contributed by atoms with Crippen LogP contribution in [-0.4, -0.2) is 35.9 Å². The Kier molecular flexibility index (Phi) is 8.16. The molecular weight excluding hydrogens is 455 g/mol. The molecule has 5 nitrogen and oxygen atoms in total. The zero-order chi connectivity index (χ0) is 25.5. The zero-order valence-corrected chi connectivity index (χ0v) is 20.6. The van der Waals surface area contributed by atoms with E-state index in [1.54, 1.807) is 37.4 Å². The lowest BCUT2D eigenvalue weighted by molar-refractivity contribution is -0.126. The Bertz CT molecular complexity index is 1210. The van der Waals surface area contributed by atoms with Gasteiger partial charge in [-0.1, -0.05) is 66.7 Å². The Labute approximate surface area is 211 Å². The second-order valence-corrected chi connectivity index (χ2v) is 9.10. The molecule has 1 aliphatic heterocycles. The SMILES string of the molecule is C[C@@H]1C/C=C\C[C@@H](c2ccc(F)cc2)NC(=O)[C@@H](Cc2ccccc2)N(C)C(=O)c2ccccc2O1. The van der Waals surface area contributed by atoms with Gasteiger partial charge in [-0.3, -0.25) is 9.59 Å². The van der Waals surface area contributed by atoms with E-state index in [4.69, 9.17) is 4.74 Å². The van der Waals surface area contributed by atoms with Crippen LogP contribution in [0.25, 0.3) is 0 Å². The first-order valence-electron chi connectivity index (χ1n) is 12.2. The van der Waals surface area contributed by atoms with Crippen LogP contribution in [0.15, 0.2) is 91.0 Å². The van der Waals surface area contributed by atoms with E-state index in [9.17, 15) is 14.0 Å². The summed E-state index contributed by atoms with van der Waals surface area (Å²) in [5.41, 5.74) is 2.15. The van der Waals surface area contributed by atoms with Crippen LogP contribution in [0.4, 0.5) is 4.39 Å². The van der Waals surface area contributed by atoms with E-state index in [2.05, 4.69) is 5.32 Å². The number of rotatable bonds is 3. The van der Waals surface area contributed by atoms with E-state index in [0.717, 1.165) is 11.1 Å². The van der Waals surface area contributed by atoms with Crippen LogP contribution < -0.4 is 10.1 Å². The van der Waals surface area contributed by atoms with Gasteiger partial charge in [-0.15, -0.1) is 0 Å². The van der Waals surface area contributed by atoms with Crippen molar-refractivity contribution in [2.75, 3.05) is 7.05 Å². The molecule has 0 aromatic heterocycles. The summed E-state index contributed by atoms with van der Waals surface area (Å²) in [5.74, 6) is -0.408. The largest absolute Gasteiger partial charge is 0.490 e. The van der Waals surface area contributed by atoms with Gasteiger partial charge in [0.2, 0.25) is 5.91 Å². The maximum Gasteiger partial charge on any atom is 0.258 e. The predicted octanol–water partition coefficient (Wildman–Crippen LogP) is 5.48. The van der Waals surface area contributed by atoms with Crippen LogP contribution in [-0.2, 0) is 11.2 Å². The molecule has 0 fully saturated rings. The molecule has 1 aliphatic rings. The second kappa shape index (κ2) is 11.7. The Balaban J connectivity index is 1.73. The molecule has 0 saturated carbocycles. The number of likely N-dealkylation sites (N-methyl/N-ethyl adjacent to an activating group) is 1. The standard InChI is InChI=1S/C30H31FN2O3/c1-21-10-6-8-14-26(23-16-18-24(31)19-17-23)32-29(34)27(20-22-11-4-3-5-12-22)33(2)30(35)25-13-7-9-15-28(25)36-21/h3-9,11-13,15-19,21,26-27H,10,14,20H2,1-2H3,(H,32,34)/b8-6-/t21-,26+,27-/m1/s1. The minimum absolute atomic E-state index is 0.151. The van der Waals surface area contributed by atoms with Gasteiger partial charge in [0.1, 0.15) is 17.6 Å². The van der Waals surface area contributed by atoms with Crippen LogP contribution in [0.2, 0.25) is 0 Å². The minimum Gasteiger partial charge on any atom is -0.490 e. The van der Waals surface area contributed by atoms with Gasteiger partial charge in [0.15, 0.2) is 0 Å². The number of nitrogens with zero attached hydrogens (tertiary/aromatic N) is 1. The molecule has 186 valence electrons. The molecule has 3 atom stereocenters. The van der Waals surface area contributed by atoms with Gasteiger partial charge in [-0.05, 0) is 48.7 Å². The summed E-state index contributed by atoms with van der Waals surface area (Å²) in [6, 6.07) is 21.8.